The number of hydrogen-bond acceptors (Lipinski definition) is 0. The fraction of sp³-hybridized carbons (Fsp3) is 1.00. The van der Waals surface area contributed by atoms with Crippen LogP contribution in [0.15, 0.2) is 0 Å². The van der Waals surface area contributed by atoms with Crippen molar-refractivity contribution in [1.82, 2.24) is 0 Å². The fourth-order valence-electron chi connectivity index (χ4n) is 0.918. The maximum atomic E-state index is 11.7. The van der Waals surface area contributed by atoms with Crippen molar-refractivity contribution in [3.63, 3.8) is 0 Å². The average molecular weight is 150 g/mol. The van der Waals surface area contributed by atoms with E-state index in [4.69, 9.17) is 0 Å². The second kappa shape index (κ2) is 6.97. The minimum absolute atomic E-state index is 0.234. The molecule has 0 amide bonds. The highest BCUT2D eigenvalue weighted by atomic mass is 19.1. The summed E-state index contributed by atoms with van der Waals surface area (Å²) < 4.78 is 23.2. The fourth-order valence-corrected chi connectivity index (χ4v) is 0.918. The third-order valence-electron chi connectivity index (χ3n) is 1.68. The molecule has 0 aliphatic heterocycles. The van der Waals surface area contributed by atoms with Crippen molar-refractivity contribution in [3.8, 4) is 0 Å². The van der Waals surface area contributed by atoms with Gasteiger partial charge in [-0.05, 0) is 18.8 Å². The molecule has 0 aliphatic carbocycles. The maximum Gasteiger partial charge on any atom is 0.0897 e. The van der Waals surface area contributed by atoms with Gasteiger partial charge in [0.15, 0.2) is 0 Å². The Morgan fingerprint density at radius 3 is 2.20 bits per heavy atom. The molecule has 0 aromatic rings. The summed E-state index contributed by atoms with van der Waals surface area (Å²) in [6.45, 7) is 1.54. The number of hydrogen-bond donors (Lipinski definition) is 0. The van der Waals surface area contributed by atoms with Crippen LogP contribution < -0.4 is 0 Å². The molecule has 0 heterocycles. The molecule has 0 aromatic carbocycles. The topological polar surface area (TPSA) is 0 Å². The number of alkyl halides is 2. The second-order valence-corrected chi connectivity index (χ2v) is 2.77. The first kappa shape index (κ1) is 9.86. The van der Waals surface area contributed by atoms with E-state index in [1.54, 1.807) is 0 Å². The summed E-state index contributed by atoms with van der Waals surface area (Å²) in [5, 5.41) is 0. The summed E-state index contributed by atoms with van der Waals surface area (Å²) in [7, 11) is 0. The van der Waals surface area contributed by atoms with Crippen LogP contribution in [0.2, 0.25) is 0 Å². The van der Waals surface area contributed by atoms with Crippen molar-refractivity contribution in [2.45, 2.75) is 32.6 Å². The third-order valence-corrected chi connectivity index (χ3v) is 1.68. The molecule has 0 N–H and O–H groups in total. The van der Waals surface area contributed by atoms with Crippen LogP contribution in [0.3, 0.4) is 0 Å². The van der Waals surface area contributed by atoms with E-state index in [0.29, 0.717) is 18.8 Å². The Morgan fingerprint density at radius 1 is 1.00 bits per heavy atom. The van der Waals surface area contributed by atoms with Crippen LogP contribution >= 0.6 is 0 Å². The number of halogens is 2. The lowest BCUT2D eigenvalue weighted by molar-refractivity contribution is 0.369. The van der Waals surface area contributed by atoms with Gasteiger partial charge in [0.25, 0.3) is 0 Å². The summed E-state index contributed by atoms with van der Waals surface area (Å²) in [5.41, 5.74) is 0. The average Bonchev–Trinajstić information content (AvgIpc) is 1.89. The highest BCUT2D eigenvalue weighted by Gasteiger charge is 2.00. The Hall–Kier alpha value is -0.140. The minimum atomic E-state index is -0.239. The van der Waals surface area contributed by atoms with Crippen LogP contribution in [0.4, 0.5) is 8.78 Å². The number of rotatable bonds is 6. The normalized spacial score (nSPS) is 13.5. The molecular weight excluding hydrogens is 134 g/mol. The van der Waals surface area contributed by atoms with Crippen LogP contribution in [-0.4, -0.2) is 13.3 Å². The summed E-state index contributed by atoms with van der Waals surface area (Å²) in [6, 6.07) is 0. The first-order valence-corrected chi connectivity index (χ1v) is 3.93. The molecule has 0 rings (SSSR count). The monoisotopic (exact) mass is 150 g/mol. The molecular formula is C8H16F2. The molecule has 0 spiro atoms. The van der Waals surface area contributed by atoms with Crippen LogP contribution in [-0.2, 0) is 0 Å². The molecule has 0 saturated carbocycles. The minimum Gasteiger partial charge on any atom is -0.251 e. The number of unbranched alkanes of at least 4 members (excludes halogenated alkanes) is 1. The first-order chi connectivity index (χ1) is 4.81. The van der Waals surface area contributed by atoms with Gasteiger partial charge in [0.05, 0.1) is 13.3 Å². The van der Waals surface area contributed by atoms with Gasteiger partial charge in [-0.15, -0.1) is 0 Å². The predicted molar refractivity (Wildman–Crippen MR) is 39.6 cm³/mol. The van der Waals surface area contributed by atoms with Gasteiger partial charge in [-0.25, -0.2) is 0 Å². The summed E-state index contributed by atoms with van der Waals surface area (Å²) in [5.74, 6) is 0.427. The molecule has 0 saturated heterocycles. The molecule has 0 nitrogen and oxygen atoms in total. The Morgan fingerprint density at radius 2 is 1.70 bits per heavy atom. The van der Waals surface area contributed by atoms with E-state index in [1.807, 2.05) is 6.92 Å². The Balaban J connectivity index is 2.97. The molecule has 0 aromatic heterocycles. The van der Waals surface area contributed by atoms with Gasteiger partial charge in [0, 0.05) is 0 Å². The Bertz CT molecular complexity index is 64.3. The quantitative estimate of drug-likeness (QED) is 0.510. The van der Waals surface area contributed by atoms with E-state index in [0.717, 1.165) is 12.8 Å². The van der Waals surface area contributed by atoms with Crippen LogP contribution in [0.1, 0.15) is 32.6 Å². The molecule has 1 atom stereocenters. The van der Waals surface area contributed by atoms with E-state index in [2.05, 4.69) is 0 Å². The van der Waals surface area contributed by atoms with Gasteiger partial charge in [-0.1, -0.05) is 19.8 Å². The van der Waals surface area contributed by atoms with Crippen molar-refractivity contribution < 1.29 is 8.78 Å². The molecule has 0 aliphatic rings. The van der Waals surface area contributed by atoms with Crippen molar-refractivity contribution in [3.05, 3.63) is 0 Å². The van der Waals surface area contributed by atoms with Gasteiger partial charge in [0.2, 0.25) is 0 Å². The van der Waals surface area contributed by atoms with Crippen molar-refractivity contribution >= 4 is 0 Å². The molecule has 2 heteroatoms. The summed E-state index contributed by atoms with van der Waals surface area (Å²) in [6.07, 6.45) is 3.13. The highest BCUT2D eigenvalue weighted by Crippen LogP contribution is 2.11. The third kappa shape index (κ3) is 5.99. The Labute approximate surface area is 61.6 Å². The van der Waals surface area contributed by atoms with E-state index in [1.165, 1.54) is 0 Å². The van der Waals surface area contributed by atoms with E-state index in [-0.39, 0.29) is 13.3 Å². The lowest BCUT2D eigenvalue weighted by Gasteiger charge is -2.06. The zero-order valence-electron chi connectivity index (χ0n) is 6.58. The van der Waals surface area contributed by atoms with Crippen molar-refractivity contribution in [1.29, 1.82) is 0 Å². The highest BCUT2D eigenvalue weighted by molar-refractivity contribution is 4.52. The smallest absolute Gasteiger partial charge is 0.0897 e. The zero-order chi connectivity index (χ0) is 7.82. The van der Waals surface area contributed by atoms with Gasteiger partial charge >= 0.3 is 0 Å². The van der Waals surface area contributed by atoms with Crippen LogP contribution in [0.5, 0.6) is 0 Å². The lowest BCUT2D eigenvalue weighted by atomic mass is 10.0. The standard InChI is InChI=1S/C8H16F2/c1-8(5-7-10)4-2-3-6-9/h8H,2-7H2,1H3. The van der Waals surface area contributed by atoms with E-state index >= 15 is 0 Å². The first-order valence-electron chi connectivity index (χ1n) is 3.93. The van der Waals surface area contributed by atoms with Gasteiger partial charge in [-0.3, -0.25) is 8.78 Å². The SMILES string of the molecule is CC(CCF)CCCCF. The van der Waals surface area contributed by atoms with Crippen LogP contribution in [0.25, 0.3) is 0 Å². The molecule has 0 radical (unpaired) electrons. The molecule has 62 valence electrons. The predicted octanol–water partition coefficient (Wildman–Crippen LogP) is 3.12. The van der Waals surface area contributed by atoms with Crippen molar-refractivity contribution in [2.24, 2.45) is 5.92 Å². The van der Waals surface area contributed by atoms with Gasteiger partial charge in [0.1, 0.15) is 0 Å². The second-order valence-electron chi connectivity index (χ2n) is 2.77. The summed E-state index contributed by atoms with van der Waals surface area (Å²) in [4.78, 5) is 0. The zero-order valence-corrected chi connectivity index (χ0v) is 6.58. The molecule has 1 unspecified atom stereocenters. The van der Waals surface area contributed by atoms with Crippen molar-refractivity contribution in [2.75, 3.05) is 13.3 Å². The molecule has 10 heavy (non-hydrogen) atoms. The summed E-state index contributed by atoms with van der Waals surface area (Å²) >= 11 is 0. The van der Waals surface area contributed by atoms with E-state index < -0.39 is 0 Å². The Kier molecular flexibility index (Phi) is 6.88. The molecule has 0 fully saturated rings. The maximum absolute atomic E-state index is 11.7. The van der Waals surface area contributed by atoms with Gasteiger partial charge in [-0.2, -0.15) is 0 Å². The molecule has 0 bridgehead atoms. The van der Waals surface area contributed by atoms with Crippen LogP contribution in [0, 0.1) is 5.92 Å². The lowest BCUT2D eigenvalue weighted by Crippen LogP contribution is -1.95. The van der Waals surface area contributed by atoms with Gasteiger partial charge < -0.3 is 0 Å². The van der Waals surface area contributed by atoms with E-state index in [9.17, 15) is 8.78 Å². The largest absolute Gasteiger partial charge is 0.251 e.